The molecule has 0 bridgehead atoms. The maximum Gasteiger partial charge on any atom is 0.517 e. The molecule has 4 nitrogen and oxygen atoms in total. The van der Waals surface area contributed by atoms with E-state index in [1.165, 1.54) is 12.8 Å². The third-order valence-corrected chi connectivity index (χ3v) is 5.33. The summed E-state index contributed by atoms with van der Waals surface area (Å²) in [4.78, 5) is 0. The van der Waals surface area contributed by atoms with Crippen LogP contribution in [0.5, 0.6) is 0 Å². The summed E-state index contributed by atoms with van der Waals surface area (Å²) in [5, 5.41) is 0. The highest BCUT2D eigenvalue weighted by Crippen LogP contribution is 2.15. The van der Waals surface area contributed by atoms with Gasteiger partial charge in [0.25, 0.3) is 0 Å². The van der Waals surface area contributed by atoms with E-state index in [0.717, 1.165) is 12.8 Å². The summed E-state index contributed by atoms with van der Waals surface area (Å²) < 4.78 is 15.9. The molecular weight excluding hydrogens is 198 g/mol. The van der Waals surface area contributed by atoms with Crippen molar-refractivity contribution in [2.75, 3.05) is 21.3 Å². The second-order valence-corrected chi connectivity index (χ2v) is 6.49. The van der Waals surface area contributed by atoms with Gasteiger partial charge in [-0.1, -0.05) is 26.2 Å². The van der Waals surface area contributed by atoms with Crippen LogP contribution in [0.4, 0.5) is 0 Å². The molecule has 1 atom stereocenters. The molecule has 2 N–H and O–H groups in total. The number of hydrogen-bond donors (Lipinski definition) is 1. The molecule has 0 saturated heterocycles. The van der Waals surface area contributed by atoms with Crippen LogP contribution >= 0.6 is 0 Å². The summed E-state index contributed by atoms with van der Waals surface area (Å²) in [5.74, 6) is 0. The Morgan fingerprint density at radius 2 is 1.57 bits per heavy atom. The molecule has 86 valence electrons. The van der Waals surface area contributed by atoms with Crippen molar-refractivity contribution >= 4 is 8.80 Å². The van der Waals surface area contributed by atoms with Gasteiger partial charge >= 0.3 is 8.80 Å². The van der Waals surface area contributed by atoms with Gasteiger partial charge in [-0.2, -0.15) is 0 Å². The Bertz CT molecular complexity index is 134. The number of nitrogens with two attached hydrogens (primary N) is 1. The molecular formula is C9H23NO3Si. The van der Waals surface area contributed by atoms with E-state index < -0.39 is 8.80 Å². The average molecular weight is 221 g/mol. The maximum atomic E-state index is 6.01. The van der Waals surface area contributed by atoms with E-state index in [1.54, 1.807) is 21.3 Å². The van der Waals surface area contributed by atoms with Crippen molar-refractivity contribution in [1.82, 2.24) is 0 Å². The van der Waals surface area contributed by atoms with E-state index in [1.807, 2.05) is 0 Å². The van der Waals surface area contributed by atoms with Crippen molar-refractivity contribution in [3.8, 4) is 0 Å². The first-order valence-electron chi connectivity index (χ1n) is 5.07. The lowest BCUT2D eigenvalue weighted by molar-refractivity contribution is 0.111. The molecule has 0 spiro atoms. The minimum absolute atomic E-state index is 0.117. The van der Waals surface area contributed by atoms with Crippen molar-refractivity contribution in [2.24, 2.45) is 5.73 Å². The lowest BCUT2D eigenvalue weighted by Crippen LogP contribution is -2.58. The molecule has 5 heteroatoms. The second-order valence-electron chi connectivity index (χ2n) is 3.32. The number of rotatable bonds is 8. The smallest absolute Gasteiger partial charge is 0.376 e. The molecule has 0 amide bonds. The predicted molar refractivity (Wildman–Crippen MR) is 58.9 cm³/mol. The van der Waals surface area contributed by atoms with Crippen molar-refractivity contribution in [1.29, 1.82) is 0 Å². The molecule has 0 rings (SSSR count). The third kappa shape index (κ3) is 3.66. The Morgan fingerprint density at radius 3 is 1.93 bits per heavy atom. The lowest BCUT2D eigenvalue weighted by atomic mass is 10.2. The van der Waals surface area contributed by atoms with Crippen LogP contribution < -0.4 is 5.73 Å². The molecule has 0 saturated carbocycles. The second kappa shape index (κ2) is 7.36. The summed E-state index contributed by atoms with van der Waals surface area (Å²) in [7, 11) is 2.20. The van der Waals surface area contributed by atoms with E-state index in [9.17, 15) is 0 Å². The predicted octanol–water partition coefficient (Wildman–Crippen LogP) is 1.31. The van der Waals surface area contributed by atoms with Gasteiger partial charge in [0.15, 0.2) is 0 Å². The number of hydrogen-bond acceptors (Lipinski definition) is 4. The van der Waals surface area contributed by atoms with Crippen molar-refractivity contribution in [2.45, 2.75) is 38.3 Å². The van der Waals surface area contributed by atoms with Crippen LogP contribution in [-0.2, 0) is 13.3 Å². The van der Waals surface area contributed by atoms with Crippen LogP contribution in [0.25, 0.3) is 0 Å². The highest BCUT2D eigenvalue weighted by molar-refractivity contribution is 6.62. The lowest BCUT2D eigenvalue weighted by Gasteiger charge is -2.29. The van der Waals surface area contributed by atoms with Crippen LogP contribution in [0.2, 0.25) is 0 Å². The van der Waals surface area contributed by atoms with Gasteiger partial charge in [-0.25, -0.2) is 0 Å². The summed E-state index contributed by atoms with van der Waals surface area (Å²) in [6.45, 7) is 2.17. The highest BCUT2D eigenvalue weighted by atomic mass is 28.4. The van der Waals surface area contributed by atoms with Crippen molar-refractivity contribution < 1.29 is 13.3 Å². The van der Waals surface area contributed by atoms with E-state index in [-0.39, 0.29) is 5.67 Å². The Kier molecular flexibility index (Phi) is 7.39. The quantitative estimate of drug-likeness (QED) is 0.496. The van der Waals surface area contributed by atoms with Gasteiger partial charge in [0.1, 0.15) is 0 Å². The summed E-state index contributed by atoms with van der Waals surface area (Å²) in [5.41, 5.74) is 5.90. The first-order valence-corrected chi connectivity index (χ1v) is 6.88. The van der Waals surface area contributed by atoms with Gasteiger partial charge in [-0.3, -0.25) is 0 Å². The van der Waals surface area contributed by atoms with Crippen LogP contribution in [0.3, 0.4) is 0 Å². The molecule has 0 aromatic rings. The molecule has 0 aliphatic carbocycles. The van der Waals surface area contributed by atoms with Gasteiger partial charge in [0.05, 0.1) is 5.67 Å². The average Bonchev–Trinajstić information content (AvgIpc) is 2.22. The fourth-order valence-corrected chi connectivity index (χ4v) is 3.46. The normalized spacial score (nSPS) is 14.4. The van der Waals surface area contributed by atoms with Gasteiger partial charge in [-0.05, 0) is 6.42 Å². The van der Waals surface area contributed by atoms with E-state index in [0.29, 0.717) is 0 Å². The fourth-order valence-electron chi connectivity index (χ4n) is 1.50. The Balaban J connectivity index is 4.07. The first kappa shape index (κ1) is 14.1. The molecule has 14 heavy (non-hydrogen) atoms. The molecule has 0 fully saturated rings. The highest BCUT2D eigenvalue weighted by Gasteiger charge is 2.44. The number of unbranched alkanes of at least 4 members (excludes halogenated alkanes) is 2. The van der Waals surface area contributed by atoms with Crippen LogP contribution in [0, 0.1) is 0 Å². The third-order valence-electron chi connectivity index (χ3n) is 2.43. The Morgan fingerprint density at radius 1 is 1.07 bits per heavy atom. The molecule has 0 aliphatic rings. The molecule has 0 aliphatic heterocycles. The van der Waals surface area contributed by atoms with Gasteiger partial charge < -0.3 is 19.0 Å². The van der Waals surface area contributed by atoms with Gasteiger partial charge in [0, 0.05) is 21.3 Å². The molecule has 1 unspecified atom stereocenters. The molecule has 0 heterocycles. The van der Waals surface area contributed by atoms with Crippen molar-refractivity contribution in [3.05, 3.63) is 0 Å². The van der Waals surface area contributed by atoms with Crippen LogP contribution in [-0.4, -0.2) is 35.8 Å². The maximum absolute atomic E-state index is 6.01. The van der Waals surface area contributed by atoms with E-state index in [2.05, 4.69) is 6.92 Å². The van der Waals surface area contributed by atoms with E-state index in [4.69, 9.17) is 19.0 Å². The molecule has 0 aromatic heterocycles. The minimum atomic E-state index is -2.59. The summed E-state index contributed by atoms with van der Waals surface area (Å²) >= 11 is 0. The van der Waals surface area contributed by atoms with E-state index >= 15 is 0 Å². The Hall–Kier alpha value is 0.0569. The zero-order valence-electron chi connectivity index (χ0n) is 9.71. The monoisotopic (exact) mass is 221 g/mol. The zero-order chi connectivity index (χ0) is 11.0. The zero-order valence-corrected chi connectivity index (χ0v) is 10.7. The summed E-state index contributed by atoms with van der Waals surface area (Å²) in [6.07, 6.45) is 4.38. The van der Waals surface area contributed by atoms with Gasteiger partial charge in [-0.15, -0.1) is 0 Å². The van der Waals surface area contributed by atoms with Crippen LogP contribution in [0.1, 0.15) is 32.6 Å². The van der Waals surface area contributed by atoms with Crippen LogP contribution in [0.15, 0.2) is 0 Å². The Labute approximate surface area is 88.1 Å². The minimum Gasteiger partial charge on any atom is -0.376 e. The summed E-state index contributed by atoms with van der Waals surface area (Å²) in [6, 6.07) is 0. The molecule has 0 radical (unpaired) electrons. The first-order chi connectivity index (χ1) is 6.66. The fraction of sp³-hybridized carbons (Fsp3) is 1.00. The molecule has 0 aromatic carbocycles. The largest absolute Gasteiger partial charge is 0.517 e. The standard InChI is InChI=1S/C9H23NO3Si/c1-5-6-7-8-9(10)14(11-2,12-3)13-4/h9H,5-8,10H2,1-4H3. The topological polar surface area (TPSA) is 53.7 Å². The van der Waals surface area contributed by atoms with Crippen molar-refractivity contribution in [3.63, 3.8) is 0 Å². The van der Waals surface area contributed by atoms with Gasteiger partial charge in [0.2, 0.25) is 0 Å². The SMILES string of the molecule is CCCCCC(N)[Si](OC)(OC)OC.